The van der Waals surface area contributed by atoms with Gasteiger partial charge < -0.3 is 14.5 Å². The average molecular weight is 395 g/mol. The van der Waals surface area contributed by atoms with E-state index in [-0.39, 0.29) is 5.91 Å². The molecule has 0 unspecified atom stereocenters. The molecule has 2 aromatic carbocycles. The van der Waals surface area contributed by atoms with Gasteiger partial charge in [0, 0.05) is 11.6 Å². The van der Waals surface area contributed by atoms with Crippen molar-refractivity contribution < 1.29 is 13.9 Å². The molecule has 28 heavy (non-hydrogen) atoms. The van der Waals surface area contributed by atoms with Gasteiger partial charge in [-0.2, -0.15) is 0 Å². The van der Waals surface area contributed by atoms with E-state index >= 15 is 0 Å². The van der Waals surface area contributed by atoms with Crippen LogP contribution in [0.4, 0.5) is 0 Å². The minimum absolute atomic E-state index is 0.0282. The van der Waals surface area contributed by atoms with Crippen molar-refractivity contribution in [3.05, 3.63) is 60.2 Å². The van der Waals surface area contributed by atoms with Crippen molar-refractivity contribution in [1.82, 2.24) is 15.5 Å². The highest BCUT2D eigenvalue weighted by atomic mass is 32.2. The van der Waals surface area contributed by atoms with Crippen LogP contribution >= 0.6 is 11.8 Å². The first-order chi connectivity index (χ1) is 13.7. The number of nitrogens with zero attached hydrogens (tertiary/aromatic N) is 2. The Hall–Kier alpha value is -2.80. The molecule has 1 aliphatic rings. The van der Waals surface area contributed by atoms with Gasteiger partial charge in [0.2, 0.25) is 11.8 Å². The van der Waals surface area contributed by atoms with Crippen molar-refractivity contribution in [2.45, 2.75) is 36.3 Å². The lowest BCUT2D eigenvalue weighted by Crippen LogP contribution is -2.29. The van der Waals surface area contributed by atoms with Crippen molar-refractivity contribution in [2.24, 2.45) is 0 Å². The largest absolute Gasteiger partial charge is 0.494 e. The van der Waals surface area contributed by atoms with Crippen molar-refractivity contribution in [3.63, 3.8) is 0 Å². The molecule has 0 saturated heterocycles. The van der Waals surface area contributed by atoms with E-state index in [2.05, 4.69) is 15.5 Å². The van der Waals surface area contributed by atoms with Gasteiger partial charge in [-0.25, -0.2) is 0 Å². The van der Waals surface area contributed by atoms with Gasteiger partial charge in [-0.3, -0.25) is 4.79 Å². The van der Waals surface area contributed by atoms with Gasteiger partial charge in [0.1, 0.15) is 11.0 Å². The van der Waals surface area contributed by atoms with E-state index in [4.69, 9.17) is 9.15 Å². The second-order valence-electron chi connectivity index (χ2n) is 6.52. The third-order valence-electron chi connectivity index (χ3n) is 4.30. The number of amides is 1. The van der Waals surface area contributed by atoms with Crippen LogP contribution in [0, 0.1) is 0 Å². The molecule has 0 aliphatic heterocycles. The number of nitrogens with one attached hydrogen (secondary N) is 1. The summed E-state index contributed by atoms with van der Waals surface area (Å²) in [6.45, 7) is 2.56. The second kappa shape index (κ2) is 8.48. The minimum atomic E-state index is -0.435. The number of carbonyl (C=O) groups is 1. The molecular formula is C21H21N3O3S. The quantitative estimate of drug-likeness (QED) is 0.575. The first kappa shape index (κ1) is 18.6. The number of rotatable bonds is 8. The molecule has 1 amide bonds. The topological polar surface area (TPSA) is 77.2 Å². The third-order valence-corrected chi connectivity index (χ3v) is 5.39. The van der Waals surface area contributed by atoms with Gasteiger partial charge in [-0.1, -0.05) is 30.3 Å². The molecule has 1 fully saturated rings. The molecule has 0 spiro atoms. The highest BCUT2D eigenvalue weighted by Gasteiger charge is 2.30. The fourth-order valence-corrected chi connectivity index (χ4v) is 3.63. The van der Waals surface area contributed by atoms with Crippen LogP contribution in [-0.2, 0) is 4.79 Å². The number of hydrogen-bond acceptors (Lipinski definition) is 6. The van der Waals surface area contributed by atoms with Crippen LogP contribution < -0.4 is 10.1 Å². The van der Waals surface area contributed by atoms with E-state index in [1.165, 1.54) is 11.8 Å². The summed E-state index contributed by atoms with van der Waals surface area (Å²) in [6.07, 6.45) is 2.08. The molecule has 0 radical (unpaired) electrons. The number of hydrogen-bond donors (Lipinski definition) is 1. The highest BCUT2D eigenvalue weighted by Crippen LogP contribution is 2.36. The molecule has 7 heteroatoms. The zero-order valence-electron chi connectivity index (χ0n) is 15.5. The maximum absolute atomic E-state index is 12.7. The third kappa shape index (κ3) is 4.54. The van der Waals surface area contributed by atoms with E-state index in [1.54, 1.807) is 0 Å². The average Bonchev–Trinajstić information content (AvgIpc) is 3.41. The van der Waals surface area contributed by atoms with Crippen LogP contribution in [0.2, 0.25) is 0 Å². The Labute approximate surface area is 167 Å². The van der Waals surface area contributed by atoms with Crippen LogP contribution in [0.15, 0.2) is 64.2 Å². The molecule has 0 bridgehead atoms. The predicted octanol–water partition coefficient (Wildman–Crippen LogP) is 4.25. The highest BCUT2D eigenvalue weighted by molar-refractivity contribution is 8.00. The molecular weight excluding hydrogens is 374 g/mol. The summed E-state index contributed by atoms with van der Waals surface area (Å²) in [6, 6.07) is 17.4. The first-order valence-electron chi connectivity index (χ1n) is 9.31. The Morgan fingerprint density at radius 2 is 1.93 bits per heavy atom. The second-order valence-corrected chi connectivity index (χ2v) is 7.58. The van der Waals surface area contributed by atoms with Crippen molar-refractivity contribution in [3.8, 4) is 17.2 Å². The Kier molecular flexibility index (Phi) is 5.62. The number of ether oxygens (including phenoxy) is 1. The standard InChI is InChI=1S/C21H21N3O3S/c1-2-26-17-12-8-15(9-13-17)20-23-24-21(27-20)28-18(14-6-4-3-5-7-14)19(25)22-16-10-11-16/h3-9,12-13,16,18H,2,10-11H2,1H3,(H,22,25)/t18-/m0/s1. The van der Waals surface area contributed by atoms with Crippen LogP contribution in [0.1, 0.15) is 30.6 Å². The molecule has 1 aliphatic carbocycles. The number of thioether (sulfide) groups is 1. The summed E-state index contributed by atoms with van der Waals surface area (Å²) in [5, 5.41) is 11.3. The Morgan fingerprint density at radius 3 is 2.61 bits per heavy atom. The molecule has 1 atom stereocenters. The van der Waals surface area contributed by atoms with Gasteiger partial charge in [-0.15, -0.1) is 10.2 Å². The predicted molar refractivity (Wildman–Crippen MR) is 107 cm³/mol. The lowest BCUT2D eigenvalue weighted by Gasteiger charge is -2.14. The summed E-state index contributed by atoms with van der Waals surface area (Å²) in [4.78, 5) is 12.7. The first-order valence-corrected chi connectivity index (χ1v) is 10.2. The van der Waals surface area contributed by atoms with Crippen LogP contribution in [0.25, 0.3) is 11.5 Å². The maximum Gasteiger partial charge on any atom is 0.277 e. The zero-order chi connectivity index (χ0) is 19.3. The Bertz CT molecular complexity index is 924. The number of aromatic nitrogens is 2. The van der Waals surface area contributed by atoms with Gasteiger partial charge >= 0.3 is 0 Å². The van der Waals surface area contributed by atoms with Crippen LogP contribution in [0.5, 0.6) is 5.75 Å². The van der Waals surface area contributed by atoms with Gasteiger partial charge in [0.25, 0.3) is 5.22 Å². The van der Waals surface area contributed by atoms with E-state index in [9.17, 15) is 4.79 Å². The molecule has 1 saturated carbocycles. The monoisotopic (exact) mass is 395 g/mol. The van der Waals surface area contributed by atoms with E-state index < -0.39 is 5.25 Å². The van der Waals surface area contributed by atoms with Crippen molar-refractivity contribution >= 4 is 17.7 Å². The summed E-state index contributed by atoms with van der Waals surface area (Å²) < 4.78 is 11.3. The van der Waals surface area contributed by atoms with E-state index in [1.807, 2.05) is 61.5 Å². The zero-order valence-corrected chi connectivity index (χ0v) is 16.3. The lowest BCUT2D eigenvalue weighted by atomic mass is 10.1. The van der Waals surface area contributed by atoms with E-state index in [0.717, 1.165) is 29.7 Å². The number of carbonyl (C=O) groups excluding carboxylic acids is 1. The van der Waals surface area contributed by atoms with Gasteiger partial charge in [0.15, 0.2) is 0 Å². The molecule has 1 heterocycles. The molecule has 1 aromatic heterocycles. The molecule has 6 nitrogen and oxygen atoms in total. The normalized spacial score (nSPS) is 14.5. The molecule has 1 N–H and O–H groups in total. The van der Waals surface area contributed by atoms with Crippen molar-refractivity contribution in [1.29, 1.82) is 0 Å². The summed E-state index contributed by atoms with van der Waals surface area (Å²) >= 11 is 1.27. The Balaban J connectivity index is 1.51. The fourth-order valence-electron chi connectivity index (χ4n) is 2.74. The summed E-state index contributed by atoms with van der Waals surface area (Å²) in [5.74, 6) is 1.18. The van der Waals surface area contributed by atoms with Gasteiger partial charge in [0.05, 0.1) is 6.61 Å². The summed E-state index contributed by atoms with van der Waals surface area (Å²) in [7, 11) is 0. The molecule has 3 aromatic rings. The summed E-state index contributed by atoms with van der Waals surface area (Å²) in [5.41, 5.74) is 1.72. The lowest BCUT2D eigenvalue weighted by molar-refractivity contribution is -0.120. The maximum atomic E-state index is 12.7. The molecule has 4 rings (SSSR count). The van der Waals surface area contributed by atoms with Gasteiger partial charge in [-0.05, 0) is 61.4 Å². The fraction of sp³-hybridized carbons (Fsp3) is 0.286. The van der Waals surface area contributed by atoms with Crippen LogP contribution in [-0.4, -0.2) is 28.8 Å². The van der Waals surface area contributed by atoms with E-state index in [0.29, 0.717) is 23.8 Å². The smallest absolute Gasteiger partial charge is 0.277 e. The number of benzene rings is 2. The minimum Gasteiger partial charge on any atom is -0.494 e. The van der Waals surface area contributed by atoms with Crippen molar-refractivity contribution in [2.75, 3.05) is 6.61 Å². The Morgan fingerprint density at radius 1 is 1.18 bits per heavy atom. The SMILES string of the molecule is CCOc1ccc(-c2nnc(S[C@H](C(=O)NC3CC3)c3ccccc3)o2)cc1. The van der Waals surface area contributed by atoms with Crippen LogP contribution in [0.3, 0.4) is 0 Å². The molecule has 144 valence electrons.